The normalized spacial score (nSPS) is 34.4. The molecule has 0 spiro atoms. The zero-order valence-electron chi connectivity index (χ0n) is 9.05. The van der Waals surface area contributed by atoms with Crippen LogP contribution in [0.25, 0.3) is 0 Å². The number of nitrogens with one attached hydrogen (secondary N) is 1. The second-order valence-electron chi connectivity index (χ2n) is 4.96. The fourth-order valence-corrected chi connectivity index (χ4v) is 2.39. The van der Waals surface area contributed by atoms with E-state index in [0.717, 1.165) is 26.3 Å². The summed E-state index contributed by atoms with van der Waals surface area (Å²) in [5.74, 6) is 0.250. The molecule has 1 N–H and O–H groups in total. The average molecular weight is 197 g/mol. The number of amides is 1. The predicted molar refractivity (Wildman–Crippen MR) is 54.8 cm³/mol. The van der Waals surface area contributed by atoms with Crippen molar-refractivity contribution in [2.75, 3.05) is 39.9 Å². The predicted octanol–water partition coefficient (Wildman–Crippen LogP) is -0.282. The molecular weight excluding hydrogens is 178 g/mol. The van der Waals surface area contributed by atoms with Gasteiger partial charge in [-0.2, -0.15) is 0 Å². The van der Waals surface area contributed by atoms with Gasteiger partial charge in [-0.15, -0.1) is 0 Å². The molecule has 1 unspecified atom stereocenters. The molecule has 0 saturated carbocycles. The van der Waals surface area contributed by atoms with Gasteiger partial charge in [0.15, 0.2) is 0 Å². The van der Waals surface area contributed by atoms with Crippen molar-refractivity contribution >= 4 is 5.91 Å². The fourth-order valence-electron chi connectivity index (χ4n) is 2.39. The van der Waals surface area contributed by atoms with E-state index >= 15 is 0 Å². The third-order valence-corrected chi connectivity index (χ3v) is 3.26. The molecule has 2 aliphatic heterocycles. The van der Waals surface area contributed by atoms with Crippen LogP contribution >= 0.6 is 0 Å². The first-order valence-electron chi connectivity index (χ1n) is 5.26. The molecule has 4 nitrogen and oxygen atoms in total. The van der Waals surface area contributed by atoms with E-state index in [1.54, 1.807) is 4.90 Å². The van der Waals surface area contributed by atoms with Gasteiger partial charge in [0.2, 0.25) is 5.91 Å². The van der Waals surface area contributed by atoms with Crippen molar-refractivity contribution in [1.82, 2.24) is 15.1 Å². The minimum Gasteiger partial charge on any atom is -0.332 e. The van der Waals surface area contributed by atoms with Gasteiger partial charge in [-0.05, 0) is 18.4 Å². The molecule has 0 aromatic carbocycles. The summed E-state index contributed by atoms with van der Waals surface area (Å²) in [5.41, 5.74) is 0.367. The van der Waals surface area contributed by atoms with Gasteiger partial charge < -0.3 is 10.2 Å². The topological polar surface area (TPSA) is 35.6 Å². The van der Waals surface area contributed by atoms with Crippen LogP contribution in [0, 0.1) is 5.41 Å². The molecule has 4 heteroatoms. The molecule has 1 amide bonds. The largest absolute Gasteiger partial charge is 0.332 e. The molecule has 14 heavy (non-hydrogen) atoms. The third kappa shape index (κ3) is 1.91. The smallest absolute Gasteiger partial charge is 0.237 e. The minimum absolute atomic E-state index is 0.250. The van der Waals surface area contributed by atoms with Crippen molar-refractivity contribution in [3.63, 3.8) is 0 Å². The summed E-state index contributed by atoms with van der Waals surface area (Å²) < 4.78 is 0. The van der Waals surface area contributed by atoms with Crippen LogP contribution in [-0.2, 0) is 4.79 Å². The Morgan fingerprint density at radius 2 is 2.36 bits per heavy atom. The molecule has 2 saturated heterocycles. The lowest BCUT2D eigenvalue weighted by atomic mass is 9.89. The molecule has 0 aromatic rings. The Morgan fingerprint density at radius 3 is 2.86 bits per heavy atom. The Balaban J connectivity index is 1.89. The lowest BCUT2D eigenvalue weighted by molar-refractivity contribution is -0.125. The average Bonchev–Trinajstić information content (AvgIpc) is 2.62. The lowest BCUT2D eigenvalue weighted by Crippen LogP contribution is -2.36. The highest BCUT2D eigenvalue weighted by Crippen LogP contribution is 2.26. The van der Waals surface area contributed by atoms with E-state index in [1.807, 2.05) is 7.05 Å². The summed E-state index contributed by atoms with van der Waals surface area (Å²) in [6.45, 7) is 6.95. The minimum atomic E-state index is 0.250. The van der Waals surface area contributed by atoms with E-state index in [-0.39, 0.29) is 5.91 Å². The van der Waals surface area contributed by atoms with Crippen LogP contribution in [0.15, 0.2) is 0 Å². The van der Waals surface area contributed by atoms with Crippen molar-refractivity contribution in [3.05, 3.63) is 0 Å². The molecule has 0 aliphatic carbocycles. The van der Waals surface area contributed by atoms with E-state index in [0.29, 0.717) is 12.0 Å². The van der Waals surface area contributed by atoms with Gasteiger partial charge in [0, 0.05) is 20.1 Å². The second kappa shape index (κ2) is 3.51. The zero-order chi connectivity index (χ0) is 10.2. The second-order valence-corrected chi connectivity index (χ2v) is 4.96. The number of hydrogen-bond acceptors (Lipinski definition) is 3. The van der Waals surface area contributed by atoms with Gasteiger partial charge in [-0.3, -0.25) is 9.69 Å². The van der Waals surface area contributed by atoms with Gasteiger partial charge >= 0.3 is 0 Å². The molecule has 2 aliphatic rings. The van der Waals surface area contributed by atoms with Crippen molar-refractivity contribution in [2.24, 2.45) is 5.41 Å². The molecule has 1 atom stereocenters. The standard InChI is InChI=1S/C10H19N3O/c1-10(3-4-11-6-10)7-13-5-9(14)12(2)8-13/h11H,3-8H2,1-2H3. The Hall–Kier alpha value is -0.610. The highest BCUT2D eigenvalue weighted by molar-refractivity contribution is 5.79. The molecule has 0 aromatic heterocycles. The number of nitrogens with zero attached hydrogens (tertiary/aromatic N) is 2. The summed E-state index contributed by atoms with van der Waals surface area (Å²) in [4.78, 5) is 15.4. The first kappa shape index (κ1) is 9.93. The molecule has 80 valence electrons. The summed E-state index contributed by atoms with van der Waals surface area (Å²) in [7, 11) is 1.87. The zero-order valence-corrected chi connectivity index (χ0v) is 9.05. The number of carbonyl (C=O) groups is 1. The maximum absolute atomic E-state index is 11.3. The molecule has 2 rings (SSSR count). The summed E-state index contributed by atoms with van der Waals surface area (Å²) in [6, 6.07) is 0. The Labute approximate surface area is 85.2 Å². The highest BCUT2D eigenvalue weighted by Gasteiger charge is 2.34. The molecule has 0 radical (unpaired) electrons. The first-order valence-corrected chi connectivity index (χ1v) is 5.26. The van der Waals surface area contributed by atoms with Crippen LogP contribution in [0.4, 0.5) is 0 Å². The summed E-state index contributed by atoms with van der Waals surface area (Å²) in [5, 5.41) is 3.38. The van der Waals surface area contributed by atoms with Gasteiger partial charge in [0.1, 0.15) is 0 Å². The number of hydrogen-bond donors (Lipinski definition) is 1. The number of rotatable bonds is 2. The van der Waals surface area contributed by atoms with Crippen LogP contribution in [0.2, 0.25) is 0 Å². The number of carbonyl (C=O) groups excluding carboxylic acids is 1. The van der Waals surface area contributed by atoms with E-state index in [9.17, 15) is 4.79 Å². The Morgan fingerprint density at radius 1 is 1.57 bits per heavy atom. The first-order chi connectivity index (χ1) is 6.59. The van der Waals surface area contributed by atoms with E-state index in [1.165, 1.54) is 6.42 Å². The Kier molecular flexibility index (Phi) is 2.49. The van der Waals surface area contributed by atoms with E-state index < -0.39 is 0 Å². The SMILES string of the molecule is CN1CN(CC2(C)CCNC2)CC1=O. The lowest BCUT2D eigenvalue weighted by Gasteiger charge is -2.28. The van der Waals surface area contributed by atoms with Gasteiger partial charge in [0.05, 0.1) is 13.2 Å². The van der Waals surface area contributed by atoms with Crippen molar-refractivity contribution in [1.29, 1.82) is 0 Å². The van der Waals surface area contributed by atoms with Crippen molar-refractivity contribution < 1.29 is 4.79 Å². The van der Waals surface area contributed by atoms with E-state index in [4.69, 9.17) is 0 Å². The molecular formula is C10H19N3O. The summed E-state index contributed by atoms with van der Waals surface area (Å²) >= 11 is 0. The van der Waals surface area contributed by atoms with Crippen LogP contribution < -0.4 is 5.32 Å². The third-order valence-electron chi connectivity index (χ3n) is 3.26. The van der Waals surface area contributed by atoms with Crippen molar-refractivity contribution in [2.45, 2.75) is 13.3 Å². The van der Waals surface area contributed by atoms with Crippen molar-refractivity contribution in [3.8, 4) is 0 Å². The summed E-state index contributed by atoms with van der Waals surface area (Å²) in [6.07, 6.45) is 1.22. The van der Waals surface area contributed by atoms with Gasteiger partial charge in [-0.1, -0.05) is 6.92 Å². The van der Waals surface area contributed by atoms with E-state index in [2.05, 4.69) is 17.1 Å². The maximum atomic E-state index is 11.3. The van der Waals surface area contributed by atoms with Crippen LogP contribution in [0.5, 0.6) is 0 Å². The quantitative estimate of drug-likeness (QED) is 0.661. The molecule has 2 fully saturated rings. The molecule has 0 bridgehead atoms. The van der Waals surface area contributed by atoms with Gasteiger partial charge in [-0.25, -0.2) is 0 Å². The Bertz CT molecular complexity index is 236. The van der Waals surface area contributed by atoms with Crippen LogP contribution in [0.3, 0.4) is 0 Å². The van der Waals surface area contributed by atoms with Crippen LogP contribution in [-0.4, -0.2) is 55.6 Å². The monoisotopic (exact) mass is 197 g/mol. The molecule has 2 heterocycles. The van der Waals surface area contributed by atoms with Gasteiger partial charge in [0.25, 0.3) is 0 Å². The number of likely N-dealkylation sites (N-methyl/N-ethyl adjacent to an activating group) is 1. The van der Waals surface area contributed by atoms with Crippen LogP contribution in [0.1, 0.15) is 13.3 Å². The maximum Gasteiger partial charge on any atom is 0.237 e. The fraction of sp³-hybridized carbons (Fsp3) is 0.900. The highest BCUT2D eigenvalue weighted by atomic mass is 16.2.